The molecule has 0 saturated carbocycles. The van der Waals surface area contributed by atoms with Gasteiger partial charge in [0.15, 0.2) is 5.82 Å². The molecule has 1 N–H and O–H groups in total. The standard InChI is InChI=1S/C23H27N5OS/c1-15(29)25-12-16-6-5-11-28(14-16)22-20-18-8-2-3-9-19(18)30-23(20)27-21(26-22)17-7-4-10-24-13-17/h4,7,10,13,16H,2-3,5-6,8-9,11-12,14H2,1H3,(H,25,29). The highest BCUT2D eigenvalue weighted by atomic mass is 32.1. The Bertz CT molecular complexity index is 1060. The summed E-state index contributed by atoms with van der Waals surface area (Å²) in [6, 6.07) is 3.97. The normalized spacial score (nSPS) is 19.0. The van der Waals surface area contributed by atoms with E-state index in [1.807, 2.05) is 29.7 Å². The zero-order valence-corrected chi connectivity index (χ0v) is 18.2. The van der Waals surface area contributed by atoms with E-state index >= 15 is 0 Å². The quantitative estimate of drug-likeness (QED) is 0.690. The molecule has 0 radical (unpaired) electrons. The van der Waals surface area contributed by atoms with Crippen molar-refractivity contribution < 1.29 is 4.79 Å². The number of hydrogen-bond donors (Lipinski definition) is 1. The van der Waals surface area contributed by atoms with Crippen molar-refractivity contribution in [3.05, 3.63) is 35.0 Å². The zero-order valence-electron chi connectivity index (χ0n) is 17.4. The summed E-state index contributed by atoms with van der Waals surface area (Å²) in [5.74, 6) is 2.32. The number of rotatable bonds is 4. The lowest BCUT2D eigenvalue weighted by atomic mass is 9.95. The van der Waals surface area contributed by atoms with Crippen molar-refractivity contribution in [1.82, 2.24) is 20.3 Å². The van der Waals surface area contributed by atoms with Crippen molar-refractivity contribution in [2.45, 2.75) is 45.4 Å². The first-order valence-corrected chi connectivity index (χ1v) is 11.7. The highest BCUT2D eigenvalue weighted by Gasteiger charge is 2.27. The molecule has 7 heteroatoms. The number of carbonyl (C=O) groups excluding carboxylic acids is 1. The third-order valence-electron chi connectivity index (χ3n) is 6.17. The summed E-state index contributed by atoms with van der Waals surface area (Å²) in [6.07, 6.45) is 10.7. The van der Waals surface area contributed by atoms with E-state index in [0.29, 0.717) is 5.92 Å². The van der Waals surface area contributed by atoms with E-state index in [1.54, 1.807) is 13.1 Å². The van der Waals surface area contributed by atoms with Gasteiger partial charge in [-0.15, -0.1) is 11.3 Å². The number of hydrogen-bond acceptors (Lipinski definition) is 6. The Morgan fingerprint density at radius 3 is 3.00 bits per heavy atom. The number of pyridine rings is 1. The van der Waals surface area contributed by atoms with E-state index in [1.165, 1.54) is 28.7 Å². The van der Waals surface area contributed by atoms with Gasteiger partial charge in [0.1, 0.15) is 10.6 Å². The average molecular weight is 422 g/mol. The van der Waals surface area contributed by atoms with Crippen LogP contribution in [0.15, 0.2) is 24.5 Å². The molecule has 1 fully saturated rings. The van der Waals surface area contributed by atoms with Crippen molar-refractivity contribution >= 4 is 33.3 Å². The average Bonchev–Trinajstić information content (AvgIpc) is 3.16. The molecule has 3 aromatic rings. The van der Waals surface area contributed by atoms with Gasteiger partial charge in [-0.05, 0) is 62.1 Å². The molecule has 1 saturated heterocycles. The number of aryl methyl sites for hydroxylation is 2. The Hall–Kier alpha value is -2.54. The maximum absolute atomic E-state index is 11.4. The number of carbonyl (C=O) groups is 1. The molecule has 6 nitrogen and oxygen atoms in total. The van der Waals surface area contributed by atoms with E-state index in [4.69, 9.17) is 9.97 Å². The van der Waals surface area contributed by atoms with Gasteiger partial charge in [-0.3, -0.25) is 9.78 Å². The largest absolute Gasteiger partial charge is 0.356 e. The first-order chi connectivity index (χ1) is 14.7. The van der Waals surface area contributed by atoms with Crippen molar-refractivity contribution in [2.24, 2.45) is 5.92 Å². The first-order valence-electron chi connectivity index (χ1n) is 10.9. The number of amides is 1. The van der Waals surface area contributed by atoms with E-state index in [9.17, 15) is 4.79 Å². The maximum Gasteiger partial charge on any atom is 0.216 e. The molecule has 1 aliphatic heterocycles. The first kappa shape index (κ1) is 19.4. The summed E-state index contributed by atoms with van der Waals surface area (Å²) in [5, 5.41) is 4.27. The van der Waals surface area contributed by atoms with Crippen LogP contribution in [0.2, 0.25) is 0 Å². The molecule has 0 bridgehead atoms. The van der Waals surface area contributed by atoms with Gasteiger partial charge in [0.25, 0.3) is 0 Å². The van der Waals surface area contributed by atoms with Gasteiger partial charge in [0, 0.05) is 49.4 Å². The van der Waals surface area contributed by atoms with Gasteiger partial charge in [-0.2, -0.15) is 0 Å². The Kier molecular flexibility index (Phi) is 5.37. The molecule has 0 spiro atoms. The molecule has 1 amide bonds. The molecule has 5 rings (SSSR count). The Labute approximate surface area is 180 Å². The summed E-state index contributed by atoms with van der Waals surface area (Å²) >= 11 is 1.85. The molecule has 30 heavy (non-hydrogen) atoms. The fraction of sp³-hybridized carbons (Fsp3) is 0.478. The summed E-state index contributed by atoms with van der Waals surface area (Å²) in [5.41, 5.74) is 2.43. The Morgan fingerprint density at radius 1 is 1.27 bits per heavy atom. The van der Waals surface area contributed by atoms with E-state index < -0.39 is 0 Å². The van der Waals surface area contributed by atoms with Crippen LogP contribution in [0.25, 0.3) is 21.6 Å². The minimum absolute atomic E-state index is 0.0438. The Morgan fingerprint density at radius 2 is 2.17 bits per heavy atom. The van der Waals surface area contributed by atoms with E-state index in [0.717, 1.165) is 67.4 Å². The maximum atomic E-state index is 11.4. The lowest BCUT2D eigenvalue weighted by molar-refractivity contribution is -0.119. The number of piperidine rings is 1. The van der Waals surface area contributed by atoms with Gasteiger partial charge in [-0.1, -0.05) is 0 Å². The van der Waals surface area contributed by atoms with Gasteiger partial charge < -0.3 is 10.2 Å². The topological polar surface area (TPSA) is 71.0 Å². The molecule has 1 atom stereocenters. The second-order valence-electron chi connectivity index (χ2n) is 8.39. The number of fused-ring (bicyclic) bond motifs is 3. The van der Waals surface area contributed by atoms with Gasteiger partial charge in [0.2, 0.25) is 5.91 Å². The minimum atomic E-state index is 0.0438. The molecule has 156 valence electrons. The lowest BCUT2D eigenvalue weighted by Gasteiger charge is -2.34. The van der Waals surface area contributed by atoms with Crippen LogP contribution in [-0.4, -0.2) is 40.5 Å². The molecular weight excluding hydrogens is 394 g/mol. The number of nitrogens with one attached hydrogen (secondary N) is 1. The highest BCUT2D eigenvalue weighted by Crippen LogP contribution is 2.41. The van der Waals surface area contributed by atoms with Crippen LogP contribution in [0.3, 0.4) is 0 Å². The molecule has 4 heterocycles. The van der Waals surface area contributed by atoms with Crippen LogP contribution < -0.4 is 10.2 Å². The van der Waals surface area contributed by atoms with Crippen molar-refractivity contribution in [3.8, 4) is 11.4 Å². The molecule has 0 aromatic carbocycles. The fourth-order valence-electron chi connectivity index (χ4n) is 4.70. The predicted octanol–water partition coefficient (Wildman–Crippen LogP) is 3.98. The van der Waals surface area contributed by atoms with Crippen LogP contribution >= 0.6 is 11.3 Å². The molecule has 2 aliphatic rings. The molecule has 3 aromatic heterocycles. The van der Waals surface area contributed by atoms with Crippen molar-refractivity contribution in [3.63, 3.8) is 0 Å². The van der Waals surface area contributed by atoms with Crippen LogP contribution in [0.1, 0.15) is 43.0 Å². The van der Waals surface area contributed by atoms with Gasteiger partial charge >= 0.3 is 0 Å². The summed E-state index contributed by atoms with van der Waals surface area (Å²) < 4.78 is 0. The molecule has 1 unspecified atom stereocenters. The van der Waals surface area contributed by atoms with Crippen LogP contribution in [-0.2, 0) is 17.6 Å². The molecular formula is C23H27N5OS. The smallest absolute Gasteiger partial charge is 0.216 e. The van der Waals surface area contributed by atoms with Crippen molar-refractivity contribution in [1.29, 1.82) is 0 Å². The lowest BCUT2D eigenvalue weighted by Crippen LogP contribution is -2.41. The SMILES string of the molecule is CC(=O)NCC1CCCN(c2nc(-c3cccnc3)nc3sc4c(c23)CCCC4)C1. The zero-order chi connectivity index (χ0) is 20.5. The second kappa shape index (κ2) is 8.30. The summed E-state index contributed by atoms with van der Waals surface area (Å²) in [6.45, 7) is 4.24. The molecule has 1 aliphatic carbocycles. The minimum Gasteiger partial charge on any atom is -0.356 e. The van der Waals surface area contributed by atoms with Gasteiger partial charge in [0.05, 0.1) is 5.39 Å². The number of anilines is 1. The number of aromatic nitrogens is 3. The monoisotopic (exact) mass is 421 g/mol. The number of thiophene rings is 1. The van der Waals surface area contributed by atoms with Crippen LogP contribution in [0, 0.1) is 5.92 Å². The number of nitrogens with zero attached hydrogens (tertiary/aromatic N) is 4. The van der Waals surface area contributed by atoms with Gasteiger partial charge in [-0.25, -0.2) is 9.97 Å². The predicted molar refractivity (Wildman–Crippen MR) is 121 cm³/mol. The van der Waals surface area contributed by atoms with E-state index in [-0.39, 0.29) is 5.91 Å². The van der Waals surface area contributed by atoms with Crippen molar-refractivity contribution in [2.75, 3.05) is 24.5 Å². The van der Waals surface area contributed by atoms with E-state index in [2.05, 4.69) is 15.2 Å². The summed E-state index contributed by atoms with van der Waals surface area (Å²) in [4.78, 5) is 30.8. The third kappa shape index (κ3) is 3.78. The highest BCUT2D eigenvalue weighted by molar-refractivity contribution is 7.19. The second-order valence-corrected chi connectivity index (χ2v) is 9.48. The van der Waals surface area contributed by atoms with Crippen LogP contribution in [0.5, 0.6) is 0 Å². The fourth-order valence-corrected chi connectivity index (χ4v) is 5.96. The summed E-state index contributed by atoms with van der Waals surface area (Å²) in [7, 11) is 0. The van der Waals surface area contributed by atoms with Crippen LogP contribution in [0.4, 0.5) is 5.82 Å². The third-order valence-corrected chi connectivity index (χ3v) is 7.36. The Balaban J connectivity index is 1.58.